The van der Waals surface area contributed by atoms with E-state index >= 15 is 0 Å². The van der Waals surface area contributed by atoms with Crippen molar-refractivity contribution in [2.75, 3.05) is 11.5 Å². The van der Waals surface area contributed by atoms with E-state index in [1.165, 1.54) is 11.8 Å². The second-order valence-electron chi connectivity index (χ2n) is 1.65. The fourth-order valence-corrected chi connectivity index (χ4v) is 1.13. The molecule has 1 radical (unpaired) electrons. The van der Waals surface area contributed by atoms with Crippen molar-refractivity contribution in [1.29, 1.82) is 0 Å². The minimum Gasteiger partial charge on any atom is -0.481 e. The zero-order chi connectivity index (χ0) is 7.82. The van der Waals surface area contributed by atoms with Crippen molar-refractivity contribution in [3.8, 4) is 0 Å². The molecule has 0 spiro atoms. The lowest BCUT2D eigenvalue weighted by Crippen LogP contribution is -1.96. The highest BCUT2D eigenvalue weighted by Gasteiger charge is 1.95. The number of hydrogen-bond acceptors (Lipinski definition) is 3. The smallest absolute Gasteiger partial charge is 0.304 e. The molecule has 0 heterocycles. The summed E-state index contributed by atoms with van der Waals surface area (Å²) in [6.07, 6.45) is 2.30. The summed E-state index contributed by atoms with van der Waals surface area (Å²) >= 11 is 1.46. The quantitative estimate of drug-likeness (QED) is 0.582. The summed E-state index contributed by atoms with van der Waals surface area (Å²) in [6, 6.07) is 0. The first-order chi connectivity index (χ1) is 4.77. The van der Waals surface area contributed by atoms with Crippen LogP contribution in [-0.2, 0) is 9.59 Å². The minimum atomic E-state index is -0.789. The second-order valence-corrected chi connectivity index (χ2v) is 2.88. The van der Waals surface area contributed by atoms with Gasteiger partial charge in [-0.1, -0.05) is 0 Å². The summed E-state index contributed by atoms with van der Waals surface area (Å²) in [4.78, 5) is 19.6. The van der Waals surface area contributed by atoms with E-state index in [-0.39, 0.29) is 6.42 Å². The molecule has 0 atom stereocenters. The zero-order valence-corrected chi connectivity index (χ0v) is 6.32. The predicted octanol–water partition coefficient (Wildman–Crippen LogP) is 0.694. The molecule has 0 aromatic heterocycles. The Labute approximate surface area is 63.8 Å². The van der Waals surface area contributed by atoms with Crippen LogP contribution in [0.3, 0.4) is 0 Å². The van der Waals surface area contributed by atoms with E-state index in [0.717, 1.165) is 0 Å². The van der Waals surface area contributed by atoms with Crippen LogP contribution >= 0.6 is 11.8 Å². The van der Waals surface area contributed by atoms with Crippen molar-refractivity contribution in [2.45, 2.75) is 12.8 Å². The number of hydrogen-bond donors (Lipinski definition) is 1. The van der Waals surface area contributed by atoms with Crippen LogP contribution in [-0.4, -0.2) is 28.9 Å². The van der Waals surface area contributed by atoms with Crippen LogP contribution in [0.15, 0.2) is 0 Å². The van der Waals surface area contributed by atoms with Gasteiger partial charge in [0.2, 0.25) is 0 Å². The van der Waals surface area contributed by atoms with Crippen LogP contribution in [0.25, 0.3) is 0 Å². The molecule has 0 aliphatic rings. The fraction of sp³-hybridized carbons (Fsp3) is 0.667. The summed E-state index contributed by atoms with van der Waals surface area (Å²) in [5, 5.41) is 8.18. The van der Waals surface area contributed by atoms with Crippen LogP contribution in [0.1, 0.15) is 12.8 Å². The molecule has 0 aromatic carbocycles. The first kappa shape index (κ1) is 9.49. The van der Waals surface area contributed by atoms with Gasteiger partial charge in [-0.3, -0.25) is 9.59 Å². The second kappa shape index (κ2) is 6.61. The van der Waals surface area contributed by atoms with Crippen LogP contribution in [0.5, 0.6) is 0 Å². The van der Waals surface area contributed by atoms with Gasteiger partial charge in [0.15, 0.2) is 6.29 Å². The van der Waals surface area contributed by atoms with Crippen LogP contribution in [0, 0.1) is 0 Å². The Morgan fingerprint density at radius 2 is 2.20 bits per heavy atom. The Bertz CT molecular complexity index is 114. The molecule has 0 aromatic rings. The number of carboxylic acid groups (broad SMARTS) is 1. The molecule has 0 saturated heterocycles. The molecule has 0 aliphatic heterocycles. The lowest BCUT2D eigenvalue weighted by Gasteiger charge is -1.92. The molecular formula is C6H9O3S. The lowest BCUT2D eigenvalue weighted by atomic mass is 10.5. The Kier molecular flexibility index (Phi) is 6.27. The normalized spacial score (nSPS) is 9.20. The Hall–Kier alpha value is -0.510. The van der Waals surface area contributed by atoms with E-state index in [1.807, 2.05) is 0 Å². The Morgan fingerprint density at radius 3 is 2.70 bits per heavy atom. The maximum Gasteiger partial charge on any atom is 0.304 e. The van der Waals surface area contributed by atoms with Crippen LogP contribution in [0.2, 0.25) is 0 Å². The average molecular weight is 161 g/mol. The van der Waals surface area contributed by atoms with Crippen molar-refractivity contribution < 1.29 is 14.7 Å². The third-order valence-electron chi connectivity index (χ3n) is 0.809. The van der Waals surface area contributed by atoms with Gasteiger partial charge in [0, 0.05) is 17.9 Å². The maximum absolute atomic E-state index is 9.94. The van der Waals surface area contributed by atoms with Gasteiger partial charge < -0.3 is 5.11 Å². The van der Waals surface area contributed by atoms with Gasteiger partial charge in [0.1, 0.15) is 0 Å². The molecule has 3 nitrogen and oxygen atoms in total. The molecule has 4 heteroatoms. The number of carbonyl (C=O) groups excluding carboxylic acids is 1. The van der Waals surface area contributed by atoms with Gasteiger partial charge in [-0.25, -0.2) is 0 Å². The molecule has 0 bridgehead atoms. The van der Waals surface area contributed by atoms with Gasteiger partial charge >= 0.3 is 5.97 Å². The van der Waals surface area contributed by atoms with Gasteiger partial charge in [0.25, 0.3) is 0 Å². The van der Waals surface area contributed by atoms with Gasteiger partial charge in [-0.2, -0.15) is 11.8 Å². The molecule has 0 amide bonds. The first-order valence-electron chi connectivity index (χ1n) is 2.92. The highest BCUT2D eigenvalue weighted by Crippen LogP contribution is 2.02. The molecule has 1 N–H and O–H groups in total. The number of carboxylic acids is 1. The maximum atomic E-state index is 9.94. The number of rotatable bonds is 6. The molecule has 0 saturated carbocycles. The van der Waals surface area contributed by atoms with E-state index in [0.29, 0.717) is 17.9 Å². The van der Waals surface area contributed by atoms with Crippen molar-refractivity contribution in [2.24, 2.45) is 0 Å². The third-order valence-corrected chi connectivity index (χ3v) is 1.79. The first-order valence-corrected chi connectivity index (χ1v) is 4.07. The average Bonchev–Trinajstić information content (AvgIpc) is 1.87. The standard InChI is InChI=1S/C6H9O3S/c7-3-1-4-10-5-2-6(8)9/h1-2,4-5H2,(H,8,9). The van der Waals surface area contributed by atoms with E-state index in [4.69, 9.17) is 5.11 Å². The fourth-order valence-electron chi connectivity index (χ4n) is 0.375. The topological polar surface area (TPSA) is 54.4 Å². The minimum absolute atomic E-state index is 0.170. The number of thioether (sulfide) groups is 1. The molecule has 0 fully saturated rings. The van der Waals surface area contributed by atoms with Gasteiger partial charge in [0.05, 0.1) is 6.42 Å². The van der Waals surface area contributed by atoms with Crippen molar-refractivity contribution in [1.82, 2.24) is 0 Å². The highest BCUT2D eigenvalue weighted by atomic mass is 32.2. The molecule has 57 valence electrons. The molecule has 0 rings (SSSR count). The summed E-state index contributed by atoms with van der Waals surface area (Å²) in [6.45, 7) is 0. The monoisotopic (exact) mass is 161 g/mol. The van der Waals surface area contributed by atoms with Gasteiger partial charge in [-0.05, 0) is 0 Å². The zero-order valence-electron chi connectivity index (χ0n) is 5.50. The lowest BCUT2D eigenvalue weighted by molar-refractivity contribution is -0.136. The summed E-state index contributed by atoms with van der Waals surface area (Å²) in [5.41, 5.74) is 0. The summed E-state index contributed by atoms with van der Waals surface area (Å²) in [7, 11) is 0. The van der Waals surface area contributed by atoms with E-state index in [9.17, 15) is 9.59 Å². The highest BCUT2D eigenvalue weighted by molar-refractivity contribution is 7.99. The van der Waals surface area contributed by atoms with E-state index < -0.39 is 5.97 Å². The van der Waals surface area contributed by atoms with E-state index in [2.05, 4.69) is 0 Å². The number of carbonyl (C=O) groups is 1. The molecule has 0 unspecified atom stereocenters. The third kappa shape index (κ3) is 7.49. The molecule has 10 heavy (non-hydrogen) atoms. The van der Waals surface area contributed by atoms with Crippen molar-refractivity contribution in [3.05, 3.63) is 0 Å². The van der Waals surface area contributed by atoms with Crippen LogP contribution in [0.4, 0.5) is 0 Å². The Morgan fingerprint density at radius 1 is 1.50 bits per heavy atom. The SMILES string of the molecule is O=[C]CCSCCC(=O)O. The summed E-state index contributed by atoms with van der Waals surface area (Å²) in [5.74, 6) is 0.468. The number of aliphatic carboxylic acids is 1. The van der Waals surface area contributed by atoms with Crippen molar-refractivity contribution >= 4 is 24.0 Å². The van der Waals surface area contributed by atoms with Crippen molar-refractivity contribution in [3.63, 3.8) is 0 Å². The van der Waals surface area contributed by atoms with Gasteiger partial charge in [-0.15, -0.1) is 0 Å². The predicted molar refractivity (Wildman–Crippen MR) is 39.9 cm³/mol. The largest absolute Gasteiger partial charge is 0.481 e. The van der Waals surface area contributed by atoms with Crippen LogP contribution < -0.4 is 0 Å². The Balaban J connectivity index is 2.90. The summed E-state index contributed by atoms with van der Waals surface area (Å²) < 4.78 is 0. The molecule has 0 aliphatic carbocycles. The molecular weight excluding hydrogens is 152 g/mol. The van der Waals surface area contributed by atoms with E-state index in [1.54, 1.807) is 6.29 Å².